The van der Waals surface area contributed by atoms with E-state index in [9.17, 15) is 75.1 Å². The molecule has 7 saturated heterocycles. The number of aliphatic hydroxyl groups is 4. The predicted octanol–water partition coefficient (Wildman–Crippen LogP) is 1.22. The first-order valence-corrected chi connectivity index (χ1v) is 47.2. The summed E-state index contributed by atoms with van der Waals surface area (Å²) in [6, 6.07) is 0. The van der Waals surface area contributed by atoms with E-state index in [1.165, 1.54) is 41.5 Å². The highest BCUT2D eigenvalue weighted by Gasteiger charge is 2.56. The van der Waals surface area contributed by atoms with Crippen molar-refractivity contribution in [3.63, 3.8) is 0 Å². The second-order valence-corrected chi connectivity index (χ2v) is 35.4. The van der Waals surface area contributed by atoms with Gasteiger partial charge in [0.25, 0.3) is 0 Å². The van der Waals surface area contributed by atoms with Crippen LogP contribution in [0.25, 0.3) is 0 Å². The average molecular weight is 2170 g/mol. The van der Waals surface area contributed by atoms with Crippen LogP contribution in [0.15, 0.2) is 0 Å². The molecule has 0 radical (unpaired) electrons. The van der Waals surface area contributed by atoms with Gasteiger partial charge in [-0.1, -0.05) is 45.3 Å². The maximum absolute atomic E-state index is 12.1. The fourth-order valence-electron chi connectivity index (χ4n) is 15.1. The van der Waals surface area contributed by atoms with Gasteiger partial charge in [0.05, 0.1) is 134 Å². The van der Waals surface area contributed by atoms with Crippen molar-refractivity contribution in [3.05, 3.63) is 0 Å². The quantitative estimate of drug-likeness (QED) is 0.0134. The van der Waals surface area contributed by atoms with Crippen molar-refractivity contribution in [2.45, 2.75) is 226 Å². The average Bonchev–Trinajstić information content (AvgIpc) is 0.787. The lowest BCUT2D eigenvalue weighted by Crippen LogP contribution is -2.60. The fraction of sp³-hybridized carbons (Fsp3) is 1.00. The Balaban J connectivity index is 1.28. The van der Waals surface area contributed by atoms with Gasteiger partial charge in [0.2, 0.25) is 0 Å². The lowest BCUT2D eigenvalue weighted by Gasteiger charge is -2.47. The molecule has 7 fully saturated rings. The smallest absolute Gasteiger partial charge is 0.388 e. The van der Waals surface area contributed by atoms with Crippen molar-refractivity contribution in [2.75, 3.05) is 79.3 Å². The largest absolute Gasteiger partial charge is 0.397 e. The molecule has 0 aromatic carbocycles. The van der Waals surface area contributed by atoms with Crippen LogP contribution in [0.1, 0.15) is 48.5 Å². The Bertz CT molecular complexity index is 3390. The Kier molecular flexibility index (Phi) is 56.5. The normalized spacial score (nSPS) is 37.1. The van der Waals surface area contributed by atoms with E-state index in [0.717, 1.165) is 6.92 Å². The zero-order chi connectivity index (χ0) is 96.0. The van der Waals surface area contributed by atoms with Crippen LogP contribution in [0.4, 0.5) is 0 Å². The van der Waals surface area contributed by atoms with E-state index in [1.807, 2.05) is 0 Å². The van der Waals surface area contributed by atoms with Crippen molar-refractivity contribution in [2.24, 2.45) is 35.5 Å². The monoisotopic (exact) mass is 2170 g/mol. The summed E-state index contributed by atoms with van der Waals surface area (Å²) in [6.45, 7) is 2.91. The minimum Gasteiger partial charge on any atom is -0.388 e. The highest BCUT2D eigenvalue weighted by molar-refractivity contribution is 7.91. The summed E-state index contributed by atoms with van der Waals surface area (Å²) in [6.07, 6.45) is -43.7. The van der Waals surface area contributed by atoms with Gasteiger partial charge in [-0.05, 0) is 48.5 Å². The van der Waals surface area contributed by atoms with Gasteiger partial charge in [-0.25, -0.2) is 59.9 Å². The van der Waals surface area contributed by atoms with Gasteiger partial charge in [-0.15, -0.1) is 39.0 Å². The minimum atomic E-state index is -5.52. The second kappa shape index (κ2) is 62.4. The maximum Gasteiger partial charge on any atom is 0.397 e. The van der Waals surface area contributed by atoms with Crippen molar-refractivity contribution in [3.8, 4) is 0 Å². The minimum absolute atomic E-state index is 0.0171. The first kappa shape index (κ1) is 119. The van der Waals surface area contributed by atoms with Gasteiger partial charge >= 0.3 is 31.2 Å². The highest BCUT2D eigenvalue weighted by atomic mass is 32.3. The van der Waals surface area contributed by atoms with Crippen LogP contribution in [-0.2, 0) is 227 Å². The molecule has 0 amide bonds. The molecule has 7 rings (SSSR count). The molecule has 7 heterocycles. The van der Waals surface area contributed by atoms with Crippen LogP contribution in [0, 0.1) is 35.5 Å². The third kappa shape index (κ3) is 38.6. The topological polar surface area (TPSA) is 823 Å². The Hall–Kier alpha value is 0.640. The summed E-state index contributed by atoms with van der Waals surface area (Å²) in [4.78, 5) is 0. The van der Waals surface area contributed by atoms with Crippen molar-refractivity contribution in [1.29, 1.82) is 0 Å². The SMILES string of the molecule is CC1O[C@@H](COCC2[C@H](COCC3[C@H](COC[C@@H]4C(OSOOO)C(O)OC(C)[C@@H]4OSOOO)OC(C)[C@@H](OSOOO)[C@@H]3COC[C@@H]3OC(C)[C@@H](OSOOO)[C@H](OSOOO)C3OSOOO)OC(C)[C@@H](OSOOO)[C@@H]2COC[C@@H]2OC(C)[C@@H](OSOOO)[C@H](COC[C@@H]3OC(C)[C@@H](OS(=O)(=O)O)[C@H](O)C3OS(=O)(=O)O)C2OSOOO)C(O)[C@@H](OS(=O)(=O)O)[C@@H]1O. The van der Waals surface area contributed by atoms with Crippen LogP contribution in [0.5, 0.6) is 0 Å². The number of aliphatic hydroxyl groups excluding tert-OH is 4. The lowest BCUT2D eigenvalue weighted by molar-refractivity contribution is -0.436. The summed E-state index contributed by atoms with van der Waals surface area (Å²) in [5.74, 6) is -7.06. The van der Waals surface area contributed by atoms with E-state index in [1.54, 1.807) is 0 Å². The molecule has 0 aromatic rings. The van der Waals surface area contributed by atoms with E-state index in [2.05, 4.69) is 96.9 Å². The van der Waals surface area contributed by atoms with Crippen LogP contribution < -0.4 is 0 Å². The molecule has 16 N–H and O–H groups in total. The van der Waals surface area contributed by atoms with Gasteiger partial charge in [-0.2, -0.15) is 25.3 Å². The van der Waals surface area contributed by atoms with E-state index < -0.39 is 323 Å². The molecule has 77 heteroatoms. The molecule has 131 heavy (non-hydrogen) atoms. The summed E-state index contributed by atoms with van der Waals surface area (Å²) in [7, 11) is -16.3. The van der Waals surface area contributed by atoms with Crippen molar-refractivity contribution < 1.29 is 303 Å². The molecule has 774 valence electrons. The second-order valence-electron chi connectivity index (χ2n) is 28.1. The molecule has 0 spiro atoms. The maximum atomic E-state index is 12.1. The standard InChI is InChI=1S/C54H96O65S12/c1-20-39(55)52(101-131(74,75)76)40(56)35(83-20)16-78-9-28-29(10-79-17-36-48(95-125-116-107-64)31(44(23(4)86-36)92-122-113-104-61)12-82-18-37-50(100-130(71,72)73)41(57)46(25(6)87-37)99-129(68,69)70)42(90-120-111-102-59)21(2)84-33(28)14-77-8-27-30(11-80-19-38-51(97-127-118-109-66)53(98-128-119-110-67)47(26(7)88-38)94-124-115-106-63)43(91-121-112-103-60)22(3)85-34(27)15-81-13-32-45(93-123-114-105-62)24(5)89-54(58)49(32)96-126-117-108-65/h20-67H,8-19H2,1-7H3,(H,68,69,70)(H,71,72,73)(H,74,75,76)/t20?,21?,22?,23?,24?,25?,26?,27?,28?,29-,30-,31+,32+,33+,34+,35+,36+,37+,38+,39-,40?,41+,42-,43-,44-,45+,46-,47-,48?,49?,50?,51?,52+,53+,54?/m1/s1. The Morgan fingerprint density at radius 1 is 0.221 bits per heavy atom. The van der Waals surface area contributed by atoms with Gasteiger partial charge in [-0.3, -0.25) is 51.3 Å². The van der Waals surface area contributed by atoms with Gasteiger partial charge < -0.3 is 82.0 Å². The molecular weight excluding hydrogens is 2070 g/mol. The first-order valence-electron chi connectivity index (χ1n) is 37.1. The Morgan fingerprint density at radius 2 is 0.466 bits per heavy atom. The molecular formula is C54H96O65S12. The molecule has 0 saturated carbocycles. The van der Waals surface area contributed by atoms with Gasteiger partial charge in [0.15, 0.2) is 117 Å². The molecule has 65 nitrogen and oxygen atoms in total. The summed E-state index contributed by atoms with van der Waals surface area (Å²) in [5, 5.41) is 160. The number of hydrogen-bond acceptors (Lipinski definition) is 71. The molecule has 0 aromatic heterocycles. The number of rotatable bonds is 66. The summed E-state index contributed by atoms with van der Waals surface area (Å²) in [5.41, 5.74) is 0. The summed E-state index contributed by atoms with van der Waals surface area (Å²) < 4.78 is 290. The predicted molar refractivity (Wildman–Crippen MR) is 411 cm³/mol. The molecule has 0 aliphatic carbocycles. The Labute approximate surface area is 780 Å². The van der Waals surface area contributed by atoms with E-state index in [0.29, 0.717) is 0 Å². The molecule has 15 unspecified atom stereocenters. The Morgan fingerprint density at radius 3 is 0.847 bits per heavy atom. The molecule has 0 bridgehead atoms. The lowest BCUT2D eigenvalue weighted by atomic mass is 9.79. The number of hydrogen-bond donors (Lipinski definition) is 16. The van der Waals surface area contributed by atoms with Crippen LogP contribution >= 0.6 is 111 Å². The third-order valence-corrected chi connectivity index (χ3v) is 25.6. The van der Waals surface area contributed by atoms with E-state index in [4.69, 9.17) is 131 Å². The fourth-order valence-corrected chi connectivity index (χ4v) is 20.4. The van der Waals surface area contributed by atoms with Crippen molar-refractivity contribution >= 4 is 142 Å². The summed E-state index contributed by atoms with van der Waals surface area (Å²) >= 11 is 0.522. The zero-order valence-electron chi connectivity index (χ0n) is 67.8. The highest BCUT2D eigenvalue weighted by Crippen LogP contribution is 2.44. The molecule has 7 aliphatic heterocycles. The van der Waals surface area contributed by atoms with Crippen LogP contribution in [0.3, 0.4) is 0 Å². The van der Waals surface area contributed by atoms with Gasteiger partial charge in [0, 0.05) is 35.5 Å². The third-order valence-electron chi connectivity index (χ3n) is 20.4. The zero-order valence-corrected chi connectivity index (χ0v) is 77.5. The van der Waals surface area contributed by atoms with Crippen LogP contribution in [0.2, 0.25) is 0 Å². The molecule has 7 aliphatic rings. The van der Waals surface area contributed by atoms with E-state index >= 15 is 0 Å². The van der Waals surface area contributed by atoms with Crippen LogP contribution in [-0.4, -0.2) is 363 Å². The molecule has 35 atom stereocenters. The first-order chi connectivity index (χ1) is 62.6. The van der Waals surface area contributed by atoms with Crippen molar-refractivity contribution in [1.82, 2.24) is 0 Å². The van der Waals surface area contributed by atoms with Gasteiger partial charge in [0.1, 0.15) is 116 Å². The number of ether oxygens (including phenoxy) is 13. The van der Waals surface area contributed by atoms with E-state index in [-0.39, 0.29) is 111 Å².